The molecule has 0 amide bonds. The number of nitrogens with zero attached hydrogens (tertiary/aromatic N) is 4. The van der Waals surface area contributed by atoms with Gasteiger partial charge in [0.25, 0.3) is 0 Å². The van der Waals surface area contributed by atoms with Crippen molar-refractivity contribution >= 4 is 33.7 Å². The molecule has 1 aliphatic heterocycles. The van der Waals surface area contributed by atoms with Gasteiger partial charge < -0.3 is 19.5 Å². The number of Topliss-reactive ketones (excluding diaryl/α,β-unsaturated/α-hetero) is 1. The summed E-state index contributed by atoms with van der Waals surface area (Å²) in [5.41, 5.74) is 1.08. The molecule has 1 aliphatic rings. The van der Waals surface area contributed by atoms with E-state index in [-0.39, 0.29) is 42.2 Å². The zero-order chi connectivity index (χ0) is 27.2. The normalized spacial score (nSPS) is 14.3. The Morgan fingerprint density at radius 1 is 1.13 bits per heavy atom. The van der Waals surface area contributed by atoms with Crippen molar-refractivity contribution in [1.29, 1.82) is 0 Å². The van der Waals surface area contributed by atoms with Crippen LogP contribution in [-0.4, -0.2) is 58.1 Å². The maximum Gasteiger partial charge on any atom is 0.229 e. The number of rotatable bonds is 11. The molecule has 0 unspecified atom stereocenters. The number of thiazole rings is 1. The number of aliphatic hydroxyl groups is 1. The van der Waals surface area contributed by atoms with Crippen LogP contribution in [0, 0.1) is 12.4 Å². The number of carbonyl (C=O) groups excluding carboxylic acids is 1. The maximum absolute atomic E-state index is 14.8. The highest BCUT2D eigenvalue weighted by Crippen LogP contribution is 2.37. The minimum atomic E-state index is -0.666. The highest BCUT2D eigenvalue weighted by atomic mass is 32.1. The first-order valence-corrected chi connectivity index (χ1v) is 13.6. The van der Waals surface area contributed by atoms with E-state index < -0.39 is 11.9 Å². The van der Waals surface area contributed by atoms with Gasteiger partial charge in [-0.3, -0.25) is 9.78 Å². The van der Waals surface area contributed by atoms with Crippen molar-refractivity contribution in [2.24, 2.45) is 0 Å². The van der Waals surface area contributed by atoms with Crippen LogP contribution in [0.25, 0.3) is 15.7 Å². The first-order valence-electron chi connectivity index (χ1n) is 12.7. The number of aromatic nitrogens is 2. The van der Waals surface area contributed by atoms with Crippen LogP contribution < -0.4 is 9.47 Å². The number of halogens is 1. The minimum absolute atomic E-state index is 0.0340. The van der Waals surface area contributed by atoms with E-state index in [1.807, 2.05) is 0 Å². The molecule has 0 spiro atoms. The van der Waals surface area contributed by atoms with Crippen LogP contribution in [0.15, 0.2) is 54.2 Å². The summed E-state index contributed by atoms with van der Waals surface area (Å²) in [5.74, 6) is 0.332. The van der Waals surface area contributed by atoms with Crippen LogP contribution in [-0.2, 0) is 17.6 Å². The Balaban J connectivity index is 1.28. The number of hydrogen-bond acceptors (Lipinski definition) is 8. The van der Waals surface area contributed by atoms with Gasteiger partial charge in [-0.25, -0.2) is 14.2 Å². The predicted molar refractivity (Wildman–Crippen MR) is 146 cm³/mol. The zero-order valence-electron chi connectivity index (χ0n) is 21.2. The number of aliphatic hydroxyl groups excluding tert-OH is 1. The van der Waals surface area contributed by atoms with E-state index in [2.05, 4.69) is 19.7 Å². The van der Waals surface area contributed by atoms with E-state index >= 15 is 0 Å². The number of fused-ring (bicyclic) bond motifs is 1. The molecule has 4 aromatic rings. The molecule has 1 fully saturated rings. The molecule has 1 saturated heterocycles. The monoisotopic (exact) mass is 546 g/mol. The summed E-state index contributed by atoms with van der Waals surface area (Å²) in [6.45, 7) is 10.2. The Kier molecular flexibility index (Phi) is 8.42. The van der Waals surface area contributed by atoms with Gasteiger partial charge in [-0.1, -0.05) is 6.07 Å². The van der Waals surface area contributed by atoms with E-state index in [0.717, 1.165) is 25.9 Å². The predicted octanol–water partition coefficient (Wildman–Crippen LogP) is 5.36. The molecule has 2 aromatic carbocycles. The van der Waals surface area contributed by atoms with Crippen LogP contribution >= 0.6 is 11.3 Å². The number of likely N-dealkylation sites (tertiary alicyclic amines) is 1. The summed E-state index contributed by atoms with van der Waals surface area (Å²) in [5, 5.41) is 13.4. The standard InChI is InChI=1S/C29H27FN4O4S/c1-31-26-15-23-25(16-28(26)37-18-21(36)17-34-9-2-3-10-34)32-7-6-27(23)38-22-5-4-19(24(30)14-22)12-20(35)13-29-33-8-11-39-29/h4-8,11,14-16,21,36H,2-3,9-10,12-13,17-18H2/t21-/m1/s1. The quantitative estimate of drug-likeness (QED) is 0.253. The van der Waals surface area contributed by atoms with Gasteiger partial charge in [0.2, 0.25) is 5.69 Å². The van der Waals surface area contributed by atoms with Gasteiger partial charge in [-0.15, -0.1) is 11.3 Å². The van der Waals surface area contributed by atoms with E-state index in [9.17, 15) is 14.3 Å². The average molecular weight is 547 g/mol. The van der Waals surface area contributed by atoms with E-state index in [1.54, 1.807) is 42.0 Å². The zero-order valence-corrected chi connectivity index (χ0v) is 22.0. The molecule has 3 heterocycles. The molecule has 1 atom stereocenters. The Hall–Kier alpha value is -3.91. The number of β-amino-alcohol motifs (C(OH)–C–C–N with tert-alkyl or cyclic N) is 1. The van der Waals surface area contributed by atoms with Crippen molar-refractivity contribution in [1.82, 2.24) is 14.9 Å². The second-order valence-corrected chi connectivity index (χ2v) is 10.4. The second-order valence-electron chi connectivity index (χ2n) is 9.40. The number of pyridine rings is 1. The fourth-order valence-electron chi connectivity index (χ4n) is 4.58. The third kappa shape index (κ3) is 6.75. The molecular weight excluding hydrogens is 519 g/mol. The van der Waals surface area contributed by atoms with E-state index in [4.69, 9.17) is 16.0 Å². The summed E-state index contributed by atoms with van der Waals surface area (Å²) in [7, 11) is 0. The molecule has 5 rings (SSSR count). The largest absolute Gasteiger partial charge is 0.502 e. The van der Waals surface area contributed by atoms with Gasteiger partial charge in [0, 0.05) is 42.2 Å². The van der Waals surface area contributed by atoms with Crippen molar-refractivity contribution in [3.63, 3.8) is 0 Å². The molecule has 8 nitrogen and oxygen atoms in total. The Morgan fingerprint density at radius 3 is 2.72 bits per heavy atom. The number of ether oxygens (including phenoxy) is 2. The number of carbonyl (C=O) groups is 1. The summed E-state index contributed by atoms with van der Waals surface area (Å²) in [6.07, 6.45) is 4.95. The summed E-state index contributed by atoms with van der Waals surface area (Å²) in [4.78, 5) is 26.6. The van der Waals surface area contributed by atoms with Crippen LogP contribution in [0.2, 0.25) is 0 Å². The van der Waals surface area contributed by atoms with Crippen molar-refractivity contribution in [3.05, 3.63) is 82.0 Å². The first-order chi connectivity index (χ1) is 19.0. The van der Waals surface area contributed by atoms with Gasteiger partial charge >= 0.3 is 0 Å². The smallest absolute Gasteiger partial charge is 0.229 e. The van der Waals surface area contributed by atoms with Crippen molar-refractivity contribution in [3.8, 4) is 17.2 Å². The molecule has 0 radical (unpaired) electrons. The lowest BCUT2D eigenvalue weighted by Crippen LogP contribution is -2.33. The van der Waals surface area contributed by atoms with Crippen molar-refractivity contribution in [2.75, 3.05) is 26.2 Å². The highest BCUT2D eigenvalue weighted by molar-refractivity contribution is 7.09. The maximum atomic E-state index is 14.8. The lowest BCUT2D eigenvalue weighted by Gasteiger charge is -2.20. The lowest BCUT2D eigenvalue weighted by atomic mass is 10.1. The van der Waals surface area contributed by atoms with Crippen LogP contribution in [0.3, 0.4) is 0 Å². The highest BCUT2D eigenvalue weighted by Gasteiger charge is 2.18. The third-order valence-electron chi connectivity index (χ3n) is 6.47. The Labute approximate surface area is 229 Å². The van der Waals surface area contributed by atoms with Gasteiger partial charge in [-0.05, 0) is 55.8 Å². The topological polar surface area (TPSA) is 89.1 Å². The van der Waals surface area contributed by atoms with Gasteiger partial charge in [0.15, 0.2) is 0 Å². The molecule has 200 valence electrons. The lowest BCUT2D eigenvalue weighted by molar-refractivity contribution is -0.117. The number of hydrogen-bond donors (Lipinski definition) is 1. The SMILES string of the molecule is [C-]#[N+]c1cc2c(Oc3ccc(CC(=O)Cc4nccs4)c(F)c3)ccnc2cc1OC[C@H](O)CN1CCCC1. The van der Waals surface area contributed by atoms with Crippen molar-refractivity contribution < 1.29 is 23.8 Å². The average Bonchev–Trinajstić information content (AvgIpc) is 3.63. The van der Waals surface area contributed by atoms with E-state index in [1.165, 1.54) is 23.5 Å². The molecular formula is C29H27FN4O4S. The molecule has 2 aromatic heterocycles. The number of ketones is 1. The molecule has 0 aliphatic carbocycles. The third-order valence-corrected chi connectivity index (χ3v) is 7.25. The molecule has 1 N–H and O–H groups in total. The fourth-order valence-corrected chi connectivity index (χ4v) is 5.22. The van der Waals surface area contributed by atoms with Crippen LogP contribution in [0.1, 0.15) is 23.4 Å². The number of benzene rings is 2. The van der Waals surface area contributed by atoms with Crippen LogP contribution in [0.5, 0.6) is 17.2 Å². The van der Waals surface area contributed by atoms with Gasteiger partial charge in [-0.2, -0.15) is 0 Å². The summed E-state index contributed by atoms with van der Waals surface area (Å²) >= 11 is 1.39. The first kappa shape index (κ1) is 26.7. The van der Waals surface area contributed by atoms with Gasteiger partial charge in [0.1, 0.15) is 41.6 Å². The summed E-state index contributed by atoms with van der Waals surface area (Å²) in [6, 6.07) is 9.30. The molecule has 39 heavy (non-hydrogen) atoms. The Morgan fingerprint density at radius 2 is 1.97 bits per heavy atom. The summed E-state index contributed by atoms with van der Waals surface area (Å²) < 4.78 is 26.6. The fraction of sp³-hybridized carbons (Fsp3) is 0.310. The Bertz CT molecular complexity index is 1500. The van der Waals surface area contributed by atoms with E-state index in [0.29, 0.717) is 34.0 Å². The minimum Gasteiger partial charge on any atom is -0.502 e. The van der Waals surface area contributed by atoms with Gasteiger partial charge in [0.05, 0.1) is 23.5 Å². The molecule has 0 bridgehead atoms. The van der Waals surface area contributed by atoms with Crippen LogP contribution in [0.4, 0.5) is 10.1 Å². The molecule has 10 heteroatoms. The second kappa shape index (κ2) is 12.3. The van der Waals surface area contributed by atoms with Crippen molar-refractivity contribution in [2.45, 2.75) is 31.8 Å². The molecule has 0 saturated carbocycles.